The van der Waals surface area contributed by atoms with E-state index in [-0.39, 0.29) is 5.92 Å². The van der Waals surface area contributed by atoms with Gasteiger partial charge in [0.15, 0.2) is 0 Å². The van der Waals surface area contributed by atoms with Crippen molar-refractivity contribution >= 4 is 0 Å². The van der Waals surface area contributed by atoms with Gasteiger partial charge in [-0.05, 0) is 43.9 Å². The quantitative estimate of drug-likeness (QED) is 0.540. The summed E-state index contributed by atoms with van der Waals surface area (Å²) in [5.74, 6) is 1.04. The zero-order chi connectivity index (χ0) is 20.4. The molecule has 152 valence electrons. The molecule has 1 unspecified atom stereocenters. The van der Waals surface area contributed by atoms with Crippen LogP contribution in [0, 0.1) is 17.2 Å². The molecule has 28 heavy (non-hydrogen) atoms. The van der Waals surface area contributed by atoms with Gasteiger partial charge in [-0.1, -0.05) is 58.0 Å². The van der Waals surface area contributed by atoms with Crippen LogP contribution in [0.15, 0.2) is 53.1 Å². The molecule has 0 bridgehead atoms. The lowest BCUT2D eigenvalue weighted by molar-refractivity contribution is 0.145. The normalized spacial score (nSPS) is 13.8. The number of rotatable bonds is 12. The van der Waals surface area contributed by atoms with Crippen LogP contribution in [0.2, 0.25) is 0 Å². The minimum absolute atomic E-state index is 0.171. The Kier molecular flexibility index (Phi) is 8.76. The molecule has 1 aromatic carbocycles. The first-order valence-electron chi connectivity index (χ1n) is 10.6. The summed E-state index contributed by atoms with van der Waals surface area (Å²) >= 11 is 0. The first-order chi connectivity index (χ1) is 13.6. The maximum Gasteiger partial charge on any atom is 0.105 e. The van der Waals surface area contributed by atoms with Crippen LogP contribution in [0.3, 0.4) is 0 Å². The standard InChI is InChI=1S/C24H35N3O/c1-5-26(6-2)18-22(19-27(7-3)8-4)24(20-25,17-23-15-12-16-28-23)21-13-10-9-11-14-21/h9-16,22H,5-8,17-19H2,1-4H3. The summed E-state index contributed by atoms with van der Waals surface area (Å²) in [6, 6.07) is 17.0. The molecule has 2 rings (SSSR count). The number of hydrogen-bond acceptors (Lipinski definition) is 4. The Labute approximate surface area is 170 Å². The topological polar surface area (TPSA) is 43.4 Å². The van der Waals surface area contributed by atoms with E-state index in [9.17, 15) is 5.26 Å². The molecule has 0 saturated heterocycles. The maximum atomic E-state index is 10.6. The van der Waals surface area contributed by atoms with Crippen molar-refractivity contribution in [1.29, 1.82) is 5.26 Å². The lowest BCUT2D eigenvalue weighted by Gasteiger charge is -2.40. The predicted molar refractivity (Wildman–Crippen MR) is 115 cm³/mol. The molecule has 0 saturated carbocycles. The maximum absolute atomic E-state index is 10.6. The van der Waals surface area contributed by atoms with E-state index in [1.54, 1.807) is 6.26 Å². The van der Waals surface area contributed by atoms with E-state index in [0.29, 0.717) is 6.42 Å². The summed E-state index contributed by atoms with van der Waals surface area (Å²) in [4.78, 5) is 4.87. The van der Waals surface area contributed by atoms with E-state index in [1.165, 1.54) is 0 Å². The highest BCUT2D eigenvalue weighted by Gasteiger charge is 2.43. The largest absolute Gasteiger partial charge is 0.469 e. The fourth-order valence-electron chi connectivity index (χ4n) is 4.06. The smallest absolute Gasteiger partial charge is 0.105 e. The van der Waals surface area contributed by atoms with E-state index >= 15 is 0 Å². The Balaban J connectivity index is 2.53. The summed E-state index contributed by atoms with van der Waals surface area (Å²) in [6.45, 7) is 14.5. The number of furan rings is 1. The summed E-state index contributed by atoms with van der Waals surface area (Å²) < 4.78 is 5.70. The molecule has 0 aliphatic rings. The molecule has 0 N–H and O–H groups in total. The lowest BCUT2D eigenvalue weighted by Crippen LogP contribution is -2.48. The van der Waals surface area contributed by atoms with Crippen molar-refractivity contribution in [3.8, 4) is 6.07 Å². The predicted octanol–water partition coefficient (Wildman–Crippen LogP) is 4.58. The van der Waals surface area contributed by atoms with Gasteiger partial charge in [-0.25, -0.2) is 0 Å². The molecule has 0 amide bonds. The van der Waals surface area contributed by atoms with Crippen LogP contribution >= 0.6 is 0 Å². The van der Waals surface area contributed by atoms with Crippen LogP contribution < -0.4 is 0 Å². The molecule has 1 aromatic heterocycles. The molecule has 4 nitrogen and oxygen atoms in total. The number of benzene rings is 1. The summed E-state index contributed by atoms with van der Waals surface area (Å²) in [5, 5.41) is 10.6. The Morgan fingerprint density at radius 1 is 0.893 bits per heavy atom. The summed E-state index contributed by atoms with van der Waals surface area (Å²) in [5.41, 5.74) is 0.447. The molecule has 4 heteroatoms. The van der Waals surface area contributed by atoms with Crippen molar-refractivity contribution in [2.75, 3.05) is 39.3 Å². The van der Waals surface area contributed by atoms with Crippen LogP contribution in [0.5, 0.6) is 0 Å². The summed E-state index contributed by atoms with van der Waals surface area (Å²) in [6.07, 6.45) is 2.29. The van der Waals surface area contributed by atoms with Crippen LogP contribution in [-0.4, -0.2) is 49.1 Å². The second-order valence-electron chi connectivity index (χ2n) is 7.37. The average molecular weight is 382 g/mol. The van der Waals surface area contributed by atoms with E-state index < -0.39 is 5.41 Å². The van der Waals surface area contributed by atoms with Crippen molar-refractivity contribution < 1.29 is 4.42 Å². The molecule has 0 fully saturated rings. The average Bonchev–Trinajstić information content (AvgIpc) is 3.26. The summed E-state index contributed by atoms with van der Waals surface area (Å²) in [7, 11) is 0. The Bertz CT molecular complexity index is 685. The minimum Gasteiger partial charge on any atom is -0.469 e. The van der Waals surface area contributed by atoms with E-state index in [0.717, 1.165) is 50.6 Å². The first-order valence-corrected chi connectivity index (χ1v) is 10.6. The number of hydrogen-bond donors (Lipinski definition) is 0. The van der Waals surface area contributed by atoms with Gasteiger partial charge in [-0.15, -0.1) is 0 Å². The third-order valence-corrected chi connectivity index (χ3v) is 5.96. The van der Waals surface area contributed by atoms with Gasteiger partial charge in [0.1, 0.15) is 5.76 Å². The van der Waals surface area contributed by atoms with Crippen LogP contribution in [-0.2, 0) is 11.8 Å². The molecule has 1 heterocycles. The van der Waals surface area contributed by atoms with Gasteiger partial charge in [0.05, 0.1) is 17.7 Å². The van der Waals surface area contributed by atoms with Crippen molar-refractivity contribution in [3.63, 3.8) is 0 Å². The van der Waals surface area contributed by atoms with Crippen LogP contribution in [0.25, 0.3) is 0 Å². The lowest BCUT2D eigenvalue weighted by atomic mass is 9.68. The third kappa shape index (κ3) is 5.25. The van der Waals surface area contributed by atoms with Crippen molar-refractivity contribution in [3.05, 3.63) is 60.1 Å². The van der Waals surface area contributed by atoms with E-state index in [4.69, 9.17) is 4.42 Å². The zero-order valence-corrected chi connectivity index (χ0v) is 17.9. The third-order valence-electron chi connectivity index (χ3n) is 5.96. The van der Waals surface area contributed by atoms with Crippen molar-refractivity contribution in [1.82, 2.24) is 9.80 Å². The number of nitriles is 1. The van der Waals surface area contributed by atoms with Crippen LogP contribution in [0.4, 0.5) is 0 Å². The van der Waals surface area contributed by atoms with Gasteiger partial charge < -0.3 is 14.2 Å². The fraction of sp³-hybridized carbons (Fsp3) is 0.542. The number of nitrogens with zero attached hydrogens (tertiary/aromatic N) is 3. The van der Waals surface area contributed by atoms with Crippen molar-refractivity contribution in [2.24, 2.45) is 5.92 Å². The molecular formula is C24H35N3O. The zero-order valence-electron chi connectivity index (χ0n) is 17.9. The van der Waals surface area contributed by atoms with Gasteiger partial charge in [0, 0.05) is 25.4 Å². The molecule has 2 aromatic rings. The monoisotopic (exact) mass is 381 g/mol. The second kappa shape index (κ2) is 11.0. The SMILES string of the molecule is CCN(CC)CC(CN(CC)CC)C(C#N)(Cc1ccco1)c1ccccc1. The molecule has 0 aliphatic carbocycles. The first kappa shape index (κ1) is 22.2. The van der Waals surface area contributed by atoms with Gasteiger partial charge >= 0.3 is 0 Å². The Morgan fingerprint density at radius 2 is 1.46 bits per heavy atom. The molecule has 0 spiro atoms. The highest BCUT2D eigenvalue weighted by atomic mass is 16.3. The minimum atomic E-state index is -0.635. The van der Waals surface area contributed by atoms with Gasteiger partial charge in [-0.3, -0.25) is 0 Å². The van der Waals surface area contributed by atoms with E-state index in [2.05, 4.69) is 55.7 Å². The molecule has 0 radical (unpaired) electrons. The highest BCUT2D eigenvalue weighted by molar-refractivity contribution is 5.36. The van der Waals surface area contributed by atoms with Gasteiger partial charge in [0.2, 0.25) is 0 Å². The molecule has 0 aliphatic heterocycles. The molecule has 1 atom stereocenters. The van der Waals surface area contributed by atoms with Crippen molar-refractivity contribution in [2.45, 2.75) is 39.5 Å². The van der Waals surface area contributed by atoms with E-state index in [1.807, 2.05) is 30.3 Å². The molecular weight excluding hydrogens is 346 g/mol. The van der Waals surface area contributed by atoms with Gasteiger partial charge in [0.25, 0.3) is 0 Å². The highest BCUT2D eigenvalue weighted by Crippen LogP contribution is 2.37. The van der Waals surface area contributed by atoms with Gasteiger partial charge in [-0.2, -0.15) is 5.26 Å². The second-order valence-corrected chi connectivity index (χ2v) is 7.37. The van der Waals surface area contributed by atoms with Crippen LogP contribution in [0.1, 0.15) is 39.0 Å². The Morgan fingerprint density at radius 3 is 1.89 bits per heavy atom. The fourth-order valence-corrected chi connectivity index (χ4v) is 4.06. The Hall–Kier alpha value is -2.09.